The van der Waals surface area contributed by atoms with Crippen LogP contribution in [0.15, 0.2) is 53.6 Å². The summed E-state index contributed by atoms with van der Waals surface area (Å²) in [6.07, 6.45) is 1.37. The minimum atomic E-state index is -0.661. The molecular weight excluding hydrogens is 294 g/mol. The van der Waals surface area contributed by atoms with E-state index in [4.69, 9.17) is 11.6 Å². The third kappa shape index (κ3) is 3.64. The van der Waals surface area contributed by atoms with Crippen molar-refractivity contribution in [2.24, 2.45) is 5.10 Å². The number of carbonyl (C=O) groups excluding carboxylic acids is 1. The van der Waals surface area contributed by atoms with E-state index in [0.29, 0.717) is 10.6 Å². The van der Waals surface area contributed by atoms with Gasteiger partial charge in [0.2, 0.25) is 0 Å². The number of hydrogen-bond donors (Lipinski definition) is 1. The molecule has 0 aliphatic carbocycles. The second kappa shape index (κ2) is 6.62. The Labute approximate surface area is 125 Å². The van der Waals surface area contributed by atoms with Crippen molar-refractivity contribution < 1.29 is 9.72 Å². The zero-order valence-corrected chi connectivity index (χ0v) is 11.4. The Morgan fingerprint density at radius 1 is 1.19 bits per heavy atom. The van der Waals surface area contributed by atoms with E-state index in [0.717, 1.165) is 0 Å². The van der Waals surface area contributed by atoms with Gasteiger partial charge in [0, 0.05) is 16.7 Å². The molecule has 0 aliphatic heterocycles. The Kier molecular flexibility index (Phi) is 4.63. The third-order valence-electron chi connectivity index (χ3n) is 2.62. The van der Waals surface area contributed by atoms with E-state index in [1.807, 2.05) is 0 Å². The van der Waals surface area contributed by atoms with Crippen LogP contribution in [0.5, 0.6) is 0 Å². The van der Waals surface area contributed by atoms with Crippen molar-refractivity contribution in [1.82, 2.24) is 5.43 Å². The fourth-order valence-corrected chi connectivity index (χ4v) is 1.81. The number of para-hydroxylation sites is 1. The number of nitrogens with one attached hydrogen (secondary N) is 1. The summed E-state index contributed by atoms with van der Waals surface area (Å²) in [4.78, 5) is 22.1. The van der Waals surface area contributed by atoms with Crippen LogP contribution in [0, 0.1) is 10.1 Å². The Balaban J connectivity index is 2.13. The van der Waals surface area contributed by atoms with Gasteiger partial charge in [0.25, 0.3) is 11.6 Å². The molecule has 0 radical (unpaired) electrons. The molecule has 1 amide bonds. The summed E-state index contributed by atoms with van der Waals surface area (Å²) in [7, 11) is 0. The van der Waals surface area contributed by atoms with Gasteiger partial charge in [0.1, 0.15) is 5.56 Å². The van der Waals surface area contributed by atoms with Crippen molar-refractivity contribution in [1.29, 1.82) is 0 Å². The summed E-state index contributed by atoms with van der Waals surface area (Å²) in [6.45, 7) is 0. The Morgan fingerprint density at radius 3 is 2.57 bits per heavy atom. The maximum absolute atomic E-state index is 11.9. The van der Waals surface area contributed by atoms with E-state index < -0.39 is 10.8 Å². The molecule has 1 N–H and O–H groups in total. The number of nitro groups is 1. The number of halogens is 1. The number of rotatable bonds is 4. The van der Waals surface area contributed by atoms with Gasteiger partial charge in [-0.3, -0.25) is 14.9 Å². The first-order valence-corrected chi connectivity index (χ1v) is 6.29. The second-order valence-corrected chi connectivity index (χ2v) is 4.40. The topological polar surface area (TPSA) is 84.6 Å². The van der Waals surface area contributed by atoms with Crippen molar-refractivity contribution >= 4 is 29.4 Å². The summed E-state index contributed by atoms with van der Waals surface area (Å²) in [5, 5.41) is 15.1. The highest BCUT2D eigenvalue weighted by molar-refractivity contribution is 6.33. The SMILES string of the molecule is O=C(N/N=C/c1ccccc1Cl)c1ccccc1[N+](=O)[O-]. The number of nitro benzene ring substituents is 1. The first kappa shape index (κ1) is 14.7. The van der Waals surface area contributed by atoms with Crippen LogP contribution in [0.2, 0.25) is 5.02 Å². The lowest BCUT2D eigenvalue weighted by atomic mass is 10.2. The van der Waals surface area contributed by atoms with Crippen LogP contribution < -0.4 is 5.43 Å². The van der Waals surface area contributed by atoms with Crippen molar-refractivity contribution in [2.45, 2.75) is 0 Å². The molecule has 0 atom stereocenters. The van der Waals surface area contributed by atoms with Crippen molar-refractivity contribution in [2.75, 3.05) is 0 Å². The average Bonchev–Trinajstić information content (AvgIpc) is 2.49. The fourth-order valence-electron chi connectivity index (χ4n) is 1.63. The molecule has 2 aromatic carbocycles. The Bertz CT molecular complexity index is 716. The van der Waals surface area contributed by atoms with E-state index in [1.54, 1.807) is 30.3 Å². The molecule has 0 saturated heterocycles. The van der Waals surface area contributed by atoms with E-state index in [-0.39, 0.29) is 11.3 Å². The van der Waals surface area contributed by atoms with Crippen molar-refractivity contribution in [3.05, 3.63) is 74.8 Å². The molecule has 21 heavy (non-hydrogen) atoms. The fraction of sp³-hybridized carbons (Fsp3) is 0. The van der Waals surface area contributed by atoms with Gasteiger partial charge in [-0.2, -0.15) is 5.10 Å². The minimum Gasteiger partial charge on any atom is -0.267 e. The lowest BCUT2D eigenvalue weighted by Crippen LogP contribution is -2.18. The van der Waals surface area contributed by atoms with Crippen molar-refractivity contribution in [3.63, 3.8) is 0 Å². The molecule has 2 rings (SSSR count). The van der Waals surface area contributed by atoms with Crippen LogP contribution in [0.25, 0.3) is 0 Å². The summed E-state index contributed by atoms with van der Waals surface area (Å²) in [6, 6.07) is 12.6. The van der Waals surface area contributed by atoms with E-state index in [2.05, 4.69) is 10.5 Å². The zero-order valence-electron chi connectivity index (χ0n) is 10.7. The molecule has 0 saturated carbocycles. The lowest BCUT2D eigenvalue weighted by Gasteiger charge is -2.01. The van der Waals surface area contributed by atoms with E-state index in [1.165, 1.54) is 24.4 Å². The quantitative estimate of drug-likeness (QED) is 0.535. The minimum absolute atomic E-state index is 0.0567. The molecule has 0 heterocycles. The number of carbonyl (C=O) groups is 1. The maximum atomic E-state index is 11.9. The van der Waals surface area contributed by atoms with Crippen LogP contribution in [0.3, 0.4) is 0 Å². The van der Waals surface area contributed by atoms with Gasteiger partial charge < -0.3 is 0 Å². The first-order valence-electron chi connectivity index (χ1n) is 5.91. The predicted molar refractivity (Wildman–Crippen MR) is 79.6 cm³/mol. The molecule has 7 heteroatoms. The molecule has 2 aromatic rings. The molecule has 0 fully saturated rings. The molecule has 0 bridgehead atoms. The molecule has 106 valence electrons. The monoisotopic (exact) mass is 303 g/mol. The molecule has 0 aromatic heterocycles. The highest BCUT2D eigenvalue weighted by Gasteiger charge is 2.18. The highest BCUT2D eigenvalue weighted by Crippen LogP contribution is 2.17. The van der Waals surface area contributed by atoms with Gasteiger partial charge in [-0.1, -0.05) is 41.9 Å². The van der Waals surface area contributed by atoms with Gasteiger partial charge in [0.15, 0.2) is 0 Å². The summed E-state index contributed by atoms with van der Waals surface area (Å²) in [5.74, 6) is -0.661. The van der Waals surface area contributed by atoms with Crippen LogP contribution in [0.1, 0.15) is 15.9 Å². The summed E-state index contributed by atoms with van der Waals surface area (Å²) >= 11 is 5.93. The summed E-state index contributed by atoms with van der Waals surface area (Å²) < 4.78 is 0. The van der Waals surface area contributed by atoms with E-state index in [9.17, 15) is 14.9 Å². The Hall–Kier alpha value is -2.73. The van der Waals surface area contributed by atoms with Gasteiger partial charge in [0.05, 0.1) is 11.1 Å². The predicted octanol–water partition coefficient (Wildman–Crippen LogP) is 3.01. The largest absolute Gasteiger partial charge is 0.282 e. The molecule has 0 aliphatic rings. The molecule has 6 nitrogen and oxygen atoms in total. The van der Waals surface area contributed by atoms with Crippen LogP contribution in [0.4, 0.5) is 5.69 Å². The third-order valence-corrected chi connectivity index (χ3v) is 2.96. The van der Waals surface area contributed by atoms with Gasteiger partial charge in [-0.15, -0.1) is 0 Å². The molecule has 0 unspecified atom stereocenters. The van der Waals surface area contributed by atoms with Gasteiger partial charge in [-0.05, 0) is 12.1 Å². The van der Waals surface area contributed by atoms with Crippen LogP contribution in [-0.4, -0.2) is 17.0 Å². The Morgan fingerprint density at radius 2 is 1.86 bits per heavy atom. The summed E-state index contributed by atoms with van der Waals surface area (Å²) in [5.41, 5.74) is 2.53. The van der Waals surface area contributed by atoms with E-state index >= 15 is 0 Å². The smallest absolute Gasteiger partial charge is 0.267 e. The maximum Gasteiger partial charge on any atom is 0.282 e. The normalized spacial score (nSPS) is 10.5. The number of hydrazone groups is 1. The standard InChI is InChI=1S/C14H10ClN3O3/c15-12-7-3-1-5-10(12)9-16-17-14(19)11-6-2-4-8-13(11)18(20)21/h1-9H,(H,17,19)/b16-9+. The lowest BCUT2D eigenvalue weighted by molar-refractivity contribution is -0.385. The van der Waals surface area contributed by atoms with Crippen LogP contribution >= 0.6 is 11.6 Å². The molecule has 0 spiro atoms. The first-order chi connectivity index (χ1) is 10.1. The number of benzene rings is 2. The number of amides is 1. The number of nitrogens with zero attached hydrogens (tertiary/aromatic N) is 2. The molecular formula is C14H10ClN3O3. The van der Waals surface area contributed by atoms with Crippen LogP contribution in [-0.2, 0) is 0 Å². The highest BCUT2D eigenvalue weighted by atomic mass is 35.5. The van der Waals surface area contributed by atoms with Gasteiger partial charge in [-0.25, -0.2) is 5.43 Å². The van der Waals surface area contributed by atoms with Crippen molar-refractivity contribution in [3.8, 4) is 0 Å². The zero-order chi connectivity index (χ0) is 15.2. The average molecular weight is 304 g/mol. The van der Waals surface area contributed by atoms with Gasteiger partial charge >= 0.3 is 0 Å². The number of hydrogen-bond acceptors (Lipinski definition) is 4. The second-order valence-electron chi connectivity index (χ2n) is 3.99.